The van der Waals surface area contributed by atoms with Crippen LogP contribution in [0.2, 0.25) is 0 Å². The van der Waals surface area contributed by atoms with Gasteiger partial charge in [0.1, 0.15) is 5.82 Å². The van der Waals surface area contributed by atoms with Gasteiger partial charge in [-0.2, -0.15) is 5.21 Å². The van der Waals surface area contributed by atoms with Crippen LogP contribution in [0.15, 0.2) is 59.4 Å². The van der Waals surface area contributed by atoms with E-state index in [9.17, 15) is 9.59 Å². The first-order valence-corrected chi connectivity index (χ1v) is 10.9. The maximum Gasteiger partial charge on any atom is 0.338 e. The van der Waals surface area contributed by atoms with E-state index in [2.05, 4.69) is 20.6 Å². The quantitative estimate of drug-likeness (QED) is 0.370. The molecule has 0 aliphatic rings. The molecule has 0 fully saturated rings. The number of tetrazole rings is 1. The second kappa shape index (κ2) is 10.2. The summed E-state index contributed by atoms with van der Waals surface area (Å²) in [4.78, 5) is 24.8. The van der Waals surface area contributed by atoms with Crippen molar-refractivity contribution in [3.63, 3.8) is 0 Å². The maximum absolute atomic E-state index is 15.2. The smallest absolute Gasteiger partial charge is 0.338 e. The van der Waals surface area contributed by atoms with Crippen molar-refractivity contribution in [1.82, 2.24) is 25.2 Å². The molecule has 0 saturated carbocycles. The number of carbonyl (C=O) groups excluding carboxylic acids is 1. The standard InChI is InChI=1S/C25H23FN5O3/c1-3-4-7-19-12-18(25(33)34-2)14-23(32)31(19)15-17-11-10-16(13-22(17)26)20-8-5-6-9-21(20)24-27-29-30-28-24/h5-6,8-14H,3-4,7,15H2,1-2H3/q-1. The van der Waals surface area contributed by atoms with Gasteiger partial charge in [0.05, 0.1) is 19.2 Å². The molecule has 4 rings (SSSR count). The monoisotopic (exact) mass is 460 g/mol. The summed E-state index contributed by atoms with van der Waals surface area (Å²) in [6.45, 7) is 2.09. The highest BCUT2D eigenvalue weighted by Crippen LogP contribution is 2.30. The Bertz CT molecular complexity index is 1370. The number of unbranched alkanes of at least 4 members (excludes halogenated alkanes) is 1. The van der Waals surface area contributed by atoms with E-state index in [1.807, 2.05) is 31.2 Å². The lowest BCUT2D eigenvalue weighted by molar-refractivity contribution is 0.0600. The van der Waals surface area contributed by atoms with Gasteiger partial charge in [0.25, 0.3) is 5.56 Å². The molecule has 34 heavy (non-hydrogen) atoms. The van der Waals surface area contributed by atoms with Crippen LogP contribution in [-0.2, 0) is 17.7 Å². The molecule has 4 aromatic rings. The van der Waals surface area contributed by atoms with E-state index in [-0.39, 0.29) is 17.7 Å². The molecule has 0 saturated heterocycles. The minimum absolute atomic E-state index is 0.0485. The van der Waals surface area contributed by atoms with Crippen LogP contribution in [0.3, 0.4) is 0 Å². The van der Waals surface area contributed by atoms with Gasteiger partial charge in [-0.25, -0.2) is 9.18 Å². The first-order chi connectivity index (χ1) is 16.5. The van der Waals surface area contributed by atoms with Crippen molar-refractivity contribution in [2.45, 2.75) is 32.7 Å². The van der Waals surface area contributed by atoms with Crippen LogP contribution in [0.25, 0.3) is 22.5 Å². The number of methoxy groups -OCH3 is 1. The summed E-state index contributed by atoms with van der Waals surface area (Å²) < 4.78 is 21.5. The number of aryl methyl sites for hydroxylation is 1. The second-order valence-electron chi connectivity index (χ2n) is 7.81. The van der Waals surface area contributed by atoms with Crippen LogP contribution in [-0.4, -0.2) is 33.2 Å². The van der Waals surface area contributed by atoms with Crippen LogP contribution in [0.1, 0.15) is 41.4 Å². The Kier molecular flexibility index (Phi) is 6.91. The molecular formula is C25H23FN5O3-. The Labute approximate surface area is 195 Å². The lowest BCUT2D eigenvalue weighted by atomic mass is 9.98. The van der Waals surface area contributed by atoms with Gasteiger partial charge in [0.15, 0.2) is 0 Å². The van der Waals surface area contributed by atoms with Crippen molar-refractivity contribution in [2.24, 2.45) is 0 Å². The van der Waals surface area contributed by atoms with E-state index >= 15 is 4.39 Å². The number of nitrogens with zero attached hydrogens (tertiary/aromatic N) is 5. The molecule has 8 nitrogen and oxygen atoms in total. The zero-order valence-electron chi connectivity index (χ0n) is 18.9. The van der Waals surface area contributed by atoms with Crippen molar-refractivity contribution < 1.29 is 13.9 Å². The van der Waals surface area contributed by atoms with Crippen molar-refractivity contribution in [2.75, 3.05) is 7.11 Å². The highest BCUT2D eigenvalue weighted by atomic mass is 19.1. The Morgan fingerprint density at radius 1 is 1.12 bits per heavy atom. The molecule has 2 aromatic heterocycles. The van der Waals surface area contributed by atoms with Gasteiger partial charge in [-0.3, -0.25) is 15.1 Å². The van der Waals surface area contributed by atoms with Crippen LogP contribution in [0, 0.1) is 5.82 Å². The van der Waals surface area contributed by atoms with Crippen LogP contribution in [0.4, 0.5) is 4.39 Å². The number of aromatic nitrogens is 5. The molecule has 0 aliphatic carbocycles. The molecule has 2 heterocycles. The fraction of sp³-hybridized carbons (Fsp3) is 0.240. The molecule has 174 valence electrons. The number of ether oxygens (including phenoxy) is 1. The molecule has 0 bridgehead atoms. The summed E-state index contributed by atoms with van der Waals surface area (Å²) in [6.07, 6.45) is 2.33. The molecule has 0 radical (unpaired) electrons. The van der Waals surface area contributed by atoms with Gasteiger partial charge < -0.3 is 14.4 Å². The van der Waals surface area contributed by atoms with E-state index in [4.69, 9.17) is 4.74 Å². The molecule has 0 N–H and O–H groups in total. The summed E-state index contributed by atoms with van der Waals surface area (Å²) >= 11 is 0. The first kappa shape index (κ1) is 23.0. The van der Waals surface area contributed by atoms with E-state index < -0.39 is 11.8 Å². The number of halogens is 1. The Balaban J connectivity index is 1.69. The van der Waals surface area contributed by atoms with E-state index in [0.29, 0.717) is 34.6 Å². The minimum Gasteiger partial charge on any atom is -0.465 e. The molecule has 0 unspecified atom stereocenters. The van der Waals surface area contributed by atoms with Gasteiger partial charge in [-0.05, 0) is 41.7 Å². The Morgan fingerprint density at radius 3 is 2.59 bits per heavy atom. The average molecular weight is 460 g/mol. The fourth-order valence-electron chi connectivity index (χ4n) is 3.83. The maximum atomic E-state index is 15.2. The Morgan fingerprint density at radius 2 is 1.91 bits per heavy atom. The predicted molar refractivity (Wildman–Crippen MR) is 124 cm³/mol. The normalized spacial score (nSPS) is 10.9. The number of hydrogen-bond acceptors (Lipinski definition) is 6. The summed E-state index contributed by atoms with van der Waals surface area (Å²) in [6, 6.07) is 15.1. The van der Waals surface area contributed by atoms with Gasteiger partial charge in [-0.15, -0.1) is 0 Å². The summed E-state index contributed by atoms with van der Waals surface area (Å²) in [5, 5.41) is 14.9. The molecule has 0 atom stereocenters. The molecular weight excluding hydrogens is 437 g/mol. The third kappa shape index (κ3) is 4.78. The van der Waals surface area contributed by atoms with Gasteiger partial charge in [0, 0.05) is 23.1 Å². The van der Waals surface area contributed by atoms with E-state index in [1.165, 1.54) is 23.8 Å². The average Bonchev–Trinajstić information content (AvgIpc) is 3.39. The number of esters is 1. The molecule has 0 amide bonds. The number of carbonyl (C=O) groups is 1. The third-order valence-corrected chi connectivity index (χ3v) is 5.60. The lowest BCUT2D eigenvalue weighted by Gasteiger charge is -2.16. The molecule has 0 spiro atoms. The topological polar surface area (TPSA) is 101 Å². The zero-order chi connectivity index (χ0) is 24.1. The first-order valence-electron chi connectivity index (χ1n) is 10.9. The highest BCUT2D eigenvalue weighted by Gasteiger charge is 2.15. The van der Waals surface area contributed by atoms with Crippen LogP contribution >= 0.6 is 0 Å². The number of hydrogen-bond donors (Lipinski definition) is 0. The van der Waals surface area contributed by atoms with Gasteiger partial charge in [0.2, 0.25) is 0 Å². The van der Waals surface area contributed by atoms with Crippen molar-refractivity contribution in [3.05, 3.63) is 87.6 Å². The zero-order valence-corrected chi connectivity index (χ0v) is 18.9. The fourth-order valence-corrected chi connectivity index (χ4v) is 3.83. The number of benzene rings is 2. The summed E-state index contributed by atoms with van der Waals surface area (Å²) in [5.41, 5.74) is 2.91. The van der Waals surface area contributed by atoms with Crippen LogP contribution < -0.4 is 10.7 Å². The van der Waals surface area contributed by atoms with Crippen molar-refractivity contribution in [3.8, 4) is 22.5 Å². The molecule has 9 heteroatoms. The van der Waals surface area contributed by atoms with Gasteiger partial charge in [-0.1, -0.05) is 49.7 Å². The number of pyridine rings is 1. The largest absolute Gasteiger partial charge is 0.465 e. The molecule has 0 aliphatic heterocycles. The highest BCUT2D eigenvalue weighted by molar-refractivity contribution is 5.89. The van der Waals surface area contributed by atoms with E-state index in [0.717, 1.165) is 18.4 Å². The predicted octanol–water partition coefficient (Wildman–Crippen LogP) is 3.64. The Hall–Kier alpha value is -4.14. The second-order valence-corrected chi connectivity index (χ2v) is 7.81. The van der Waals surface area contributed by atoms with Crippen LogP contribution in [0.5, 0.6) is 0 Å². The van der Waals surface area contributed by atoms with E-state index in [1.54, 1.807) is 18.2 Å². The SMILES string of the molecule is CCCCc1cc(C(=O)OC)cc(=O)n1Cc1ccc(-c2ccccc2-c2nnn[n-]2)cc1F. The van der Waals surface area contributed by atoms with Crippen molar-refractivity contribution in [1.29, 1.82) is 0 Å². The summed E-state index contributed by atoms with van der Waals surface area (Å²) in [5.74, 6) is -0.661. The number of rotatable bonds is 8. The minimum atomic E-state index is -0.574. The third-order valence-electron chi connectivity index (χ3n) is 5.60. The van der Waals surface area contributed by atoms with Crippen molar-refractivity contribution >= 4 is 5.97 Å². The molecule has 2 aromatic carbocycles. The summed E-state index contributed by atoms with van der Waals surface area (Å²) in [7, 11) is 1.27. The lowest BCUT2D eigenvalue weighted by Crippen LogP contribution is -2.26. The van der Waals surface area contributed by atoms with Gasteiger partial charge >= 0.3 is 5.97 Å².